The molecule has 0 amide bonds. The number of ether oxygens (including phenoxy) is 2. The van der Waals surface area contributed by atoms with Crippen LogP contribution in [0.25, 0.3) is 0 Å². The first-order chi connectivity index (χ1) is 10.6. The van der Waals surface area contributed by atoms with Crippen molar-refractivity contribution in [2.75, 3.05) is 0 Å². The van der Waals surface area contributed by atoms with Crippen LogP contribution >= 0.6 is 11.8 Å². The zero-order valence-corrected chi connectivity index (χ0v) is 11.8. The fourth-order valence-electron chi connectivity index (χ4n) is 1.53. The summed E-state index contributed by atoms with van der Waals surface area (Å²) < 4.78 is 58.0. The summed E-state index contributed by atoms with van der Waals surface area (Å²) in [5.74, 6) is -0.670. The van der Waals surface area contributed by atoms with Crippen LogP contribution in [0.2, 0.25) is 0 Å². The number of rotatable bonds is 7. The molecule has 0 saturated carbocycles. The van der Waals surface area contributed by atoms with Gasteiger partial charge in [-0.2, -0.15) is 17.6 Å². The molecule has 0 aliphatic heterocycles. The fourth-order valence-corrected chi connectivity index (χ4v) is 2.48. The number of aromatic nitrogens is 2. The smallest absolute Gasteiger partial charge is 0.388 e. The maximum atomic E-state index is 12.4. The molecule has 0 spiro atoms. The highest BCUT2D eigenvalue weighted by molar-refractivity contribution is 7.98. The number of hydrogen-bond acceptors (Lipinski definition) is 5. The van der Waals surface area contributed by atoms with Crippen LogP contribution in [-0.2, 0) is 5.75 Å². The van der Waals surface area contributed by atoms with Gasteiger partial charge in [0.25, 0.3) is 0 Å². The summed E-state index contributed by atoms with van der Waals surface area (Å²) in [4.78, 5) is 6.98. The molecule has 9 heteroatoms. The Morgan fingerprint density at radius 3 is 1.95 bits per heavy atom. The molecular weight excluding hydrogens is 324 g/mol. The second-order valence-electron chi connectivity index (χ2n) is 3.84. The molecule has 0 aliphatic rings. The van der Waals surface area contributed by atoms with E-state index in [1.807, 2.05) is 6.07 Å². The van der Waals surface area contributed by atoms with Crippen LogP contribution in [-0.4, -0.2) is 23.2 Å². The third-order valence-corrected chi connectivity index (χ3v) is 3.48. The van der Waals surface area contributed by atoms with Crippen molar-refractivity contribution in [2.24, 2.45) is 0 Å². The van der Waals surface area contributed by atoms with Gasteiger partial charge in [-0.3, -0.25) is 0 Å². The lowest BCUT2D eigenvalue weighted by Gasteiger charge is -2.12. The van der Waals surface area contributed by atoms with Gasteiger partial charge in [0, 0.05) is 5.75 Å². The molecule has 1 aromatic carbocycles. The number of alkyl halides is 4. The number of halogens is 4. The lowest BCUT2D eigenvalue weighted by molar-refractivity contribution is -0.0620. The second kappa shape index (κ2) is 7.83. The van der Waals surface area contributed by atoms with Crippen LogP contribution < -0.4 is 9.47 Å². The Morgan fingerprint density at radius 1 is 0.909 bits per heavy atom. The summed E-state index contributed by atoms with van der Waals surface area (Å²) in [7, 11) is 0. The van der Waals surface area contributed by atoms with Crippen molar-refractivity contribution >= 4 is 11.8 Å². The molecule has 2 rings (SSSR count). The minimum atomic E-state index is -3.13. The number of benzene rings is 1. The summed E-state index contributed by atoms with van der Waals surface area (Å²) >= 11 is 0.969. The Kier molecular flexibility index (Phi) is 5.82. The molecule has 0 radical (unpaired) electrons. The number of thioether (sulfide) groups is 1. The first kappa shape index (κ1) is 16.3. The van der Waals surface area contributed by atoms with Crippen molar-refractivity contribution in [2.45, 2.75) is 23.9 Å². The summed E-state index contributed by atoms with van der Waals surface area (Å²) in [5, 5.41) is 0. The average Bonchev–Trinajstić information content (AvgIpc) is 2.46. The molecule has 0 N–H and O–H groups in total. The largest absolute Gasteiger partial charge is 0.415 e. The van der Waals surface area contributed by atoms with Crippen LogP contribution in [0.1, 0.15) is 5.56 Å². The zero-order valence-electron chi connectivity index (χ0n) is 11.0. The van der Waals surface area contributed by atoms with Gasteiger partial charge in [-0.05, 0) is 5.56 Å². The molecule has 22 heavy (non-hydrogen) atoms. The molecule has 0 aliphatic carbocycles. The minimum Gasteiger partial charge on any atom is -0.415 e. The Balaban J connectivity index is 2.24. The van der Waals surface area contributed by atoms with Crippen molar-refractivity contribution < 1.29 is 27.0 Å². The Morgan fingerprint density at radius 2 is 1.45 bits per heavy atom. The molecule has 118 valence electrons. The molecular formula is C13H10F4N2O2S. The van der Waals surface area contributed by atoms with E-state index in [2.05, 4.69) is 19.4 Å². The van der Waals surface area contributed by atoms with Crippen LogP contribution in [0.4, 0.5) is 17.6 Å². The Hall–Kier alpha value is -2.03. The number of nitrogens with zero attached hydrogens (tertiary/aromatic N) is 2. The van der Waals surface area contributed by atoms with E-state index in [0.717, 1.165) is 23.7 Å². The quantitative estimate of drug-likeness (QED) is 0.566. The van der Waals surface area contributed by atoms with Crippen molar-refractivity contribution in [3.63, 3.8) is 0 Å². The van der Waals surface area contributed by atoms with Gasteiger partial charge in [-0.25, -0.2) is 9.97 Å². The van der Waals surface area contributed by atoms with E-state index in [9.17, 15) is 17.6 Å². The van der Waals surface area contributed by atoms with Gasteiger partial charge in [0.2, 0.25) is 11.8 Å². The molecule has 1 aromatic heterocycles. The summed E-state index contributed by atoms with van der Waals surface area (Å²) in [5.41, 5.74) is 0.863. The van der Waals surface area contributed by atoms with Gasteiger partial charge in [0.15, 0.2) is 0 Å². The number of hydrogen-bond donors (Lipinski definition) is 0. The summed E-state index contributed by atoms with van der Waals surface area (Å²) in [6.07, 6.45) is 0.821. The van der Waals surface area contributed by atoms with Gasteiger partial charge in [0.05, 0.1) is 0 Å². The van der Waals surface area contributed by atoms with Crippen LogP contribution in [0.3, 0.4) is 0 Å². The third kappa shape index (κ3) is 4.76. The molecule has 1 heterocycles. The van der Waals surface area contributed by atoms with E-state index in [4.69, 9.17) is 0 Å². The van der Waals surface area contributed by atoms with Crippen LogP contribution in [0.5, 0.6) is 11.8 Å². The molecule has 0 bridgehead atoms. The highest BCUT2D eigenvalue weighted by Crippen LogP contribution is 2.37. The molecule has 4 nitrogen and oxygen atoms in total. The van der Waals surface area contributed by atoms with Crippen molar-refractivity contribution in [3.8, 4) is 11.8 Å². The maximum absolute atomic E-state index is 12.4. The minimum absolute atomic E-state index is 0.105. The molecule has 0 fully saturated rings. The van der Waals surface area contributed by atoms with E-state index in [-0.39, 0.29) is 4.90 Å². The van der Waals surface area contributed by atoms with Crippen LogP contribution in [0.15, 0.2) is 41.6 Å². The lowest BCUT2D eigenvalue weighted by Crippen LogP contribution is -2.09. The fraction of sp³-hybridized carbons (Fsp3) is 0.231. The molecule has 2 aromatic rings. The topological polar surface area (TPSA) is 44.2 Å². The van der Waals surface area contributed by atoms with E-state index >= 15 is 0 Å². The standard InChI is InChI=1S/C13H10F4N2O2S/c14-12(15)20-10-9(11(19-7-18-10)21-13(16)17)22-6-8-4-2-1-3-5-8/h1-5,7,12-13H,6H2. The predicted molar refractivity (Wildman–Crippen MR) is 71.3 cm³/mol. The van der Waals surface area contributed by atoms with Gasteiger partial charge in [-0.15, -0.1) is 11.8 Å². The Labute approximate surface area is 127 Å². The normalized spacial score (nSPS) is 11.0. The third-order valence-electron chi connectivity index (χ3n) is 2.37. The second-order valence-corrected chi connectivity index (χ2v) is 4.83. The highest BCUT2D eigenvalue weighted by Gasteiger charge is 2.20. The SMILES string of the molecule is FC(F)Oc1ncnc(OC(F)F)c1SCc1ccccc1. The first-order valence-electron chi connectivity index (χ1n) is 5.97. The van der Waals surface area contributed by atoms with Gasteiger partial charge in [-0.1, -0.05) is 30.3 Å². The molecule has 0 atom stereocenters. The summed E-state index contributed by atoms with van der Waals surface area (Å²) in [6.45, 7) is -6.27. The average molecular weight is 334 g/mol. The van der Waals surface area contributed by atoms with Crippen molar-refractivity contribution in [1.82, 2.24) is 9.97 Å². The molecule has 0 saturated heterocycles. The first-order valence-corrected chi connectivity index (χ1v) is 6.96. The van der Waals surface area contributed by atoms with Crippen LogP contribution in [0, 0.1) is 0 Å². The van der Waals surface area contributed by atoms with E-state index in [1.165, 1.54) is 0 Å². The zero-order chi connectivity index (χ0) is 15.9. The highest BCUT2D eigenvalue weighted by atomic mass is 32.2. The van der Waals surface area contributed by atoms with Crippen molar-refractivity contribution in [3.05, 3.63) is 42.2 Å². The predicted octanol–water partition coefficient (Wildman–Crippen LogP) is 3.97. The summed E-state index contributed by atoms with van der Waals surface area (Å²) in [6, 6.07) is 9.02. The monoisotopic (exact) mass is 334 g/mol. The maximum Gasteiger partial charge on any atom is 0.388 e. The van der Waals surface area contributed by atoms with E-state index in [1.54, 1.807) is 24.3 Å². The Bertz CT molecular complexity index is 574. The van der Waals surface area contributed by atoms with E-state index in [0.29, 0.717) is 5.75 Å². The van der Waals surface area contributed by atoms with Crippen molar-refractivity contribution in [1.29, 1.82) is 0 Å². The lowest BCUT2D eigenvalue weighted by atomic mass is 10.2. The van der Waals surface area contributed by atoms with Gasteiger partial charge < -0.3 is 9.47 Å². The van der Waals surface area contributed by atoms with Gasteiger partial charge in [0.1, 0.15) is 11.2 Å². The molecule has 0 unspecified atom stereocenters. The van der Waals surface area contributed by atoms with E-state index < -0.39 is 25.0 Å². The van der Waals surface area contributed by atoms with Gasteiger partial charge >= 0.3 is 13.2 Å².